The lowest BCUT2D eigenvalue weighted by Crippen LogP contribution is -2.45. The SMILES string of the molecule is CC(C)C(CC(=O)N1CCCC(C(C)N)C1)c1ccccc1. The zero-order valence-corrected chi connectivity index (χ0v) is 14.2. The second kappa shape index (κ2) is 7.77. The van der Waals surface area contributed by atoms with Crippen molar-refractivity contribution in [3.8, 4) is 0 Å². The highest BCUT2D eigenvalue weighted by atomic mass is 16.2. The number of hydrogen-bond acceptors (Lipinski definition) is 2. The normalized spacial score (nSPS) is 21.7. The summed E-state index contributed by atoms with van der Waals surface area (Å²) < 4.78 is 0. The van der Waals surface area contributed by atoms with Crippen LogP contribution in [0.5, 0.6) is 0 Å². The Balaban J connectivity index is 2.02. The van der Waals surface area contributed by atoms with Gasteiger partial charge in [-0.3, -0.25) is 4.79 Å². The molecule has 0 bridgehead atoms. The van der Waals surface area contributed by atoms with Crippen molar-refractivity contribution >= 4 is 5.91 Å². The predicted molar refractivity (Wildman–Crippen MR) is 91.6 cm³/mol. The predicted octanol–water partition coefficient (Wildman–Crippen LogP) is 3.40. The van der Waals surface area contributed by atoms with Crippen LogP contribution in [0.25, 0.3) is 0 Å². The first kappa shape index (κ1) is 17.0. The molecule has 1 amide bonds. The van der Waals surface area contributed by atoms with Crippen LogP contribution in [-0.2, 0) is 4.79 Å². The van der Waals surface area contributed by atoms with Gasteiger partial charge in [-0.25, -0.2) is 0 Å². The molecule has 1 heterocycles. The zero-order valence-electron chi connectivity index (χ0n) is 14.2. The molecule has 0 aromatic heterocycles. The molecule has 3 unspecified atom stereocenters. The Morgan fingerprint density at radius 2 is 1.95 bits per heavy atom. The highest BCUT2D eigenvalue weighted by molar-refractivity contribution is 5.77. The summed E-state index contributed by atoms with van der Waals surface area (Å²) in [5.41, 5.74) is 7.30. The number of piperidine rings is 1. The van der Waals surface area contributed by atoms with Crippen molar-refractivity contribution in [2.45, 2.75) is 52.0 Å². The van der Waals surface area contributed by atoms with Crippen molar-refractivity contribution in [2.75, 3.05) is 13.1 Å². The van der Waals surface area contributed by atoms with Crippen LogP contribution in [0.3, 0.4) is 0 Å². The lowest BCUT2D eigenvalue weighted by atomic mass is 9.85. The van der Waals surface area contributed by atoms with Gasteiger partial charge in [-0.05, 0) is 43.1 Å². The van der Waals surface area contributed by atoms with Gasteiger partial charge in [0, 0.05) is 25.6 Å². The molecule has 3 nitrogen and oxygen atoms in total. The van der Waals surface area contributed by atoms with Gasteiger partial charge in [-0.1, -0.05) is 44.2 Å². The minimum atomic E-state index is 0.172. The fraction of sp³-hybridized carbons (Fsp3) is 0.632. The Kier molecular flexibility index (Phi) is 6.01. The Hall–Kier alpha value is -1.35. The van der Waals surface area contributed by atoms with Gasteiger partial charge in [0.2, 0.25) is 5.91 Å². The van der Waals surface area contributed by atoms with E-state index in [1.165, 1.54) is 5.56 Å². The molecule has 1 aliphatic rings. The number of carbonyl (C=O) groups excluding carboxylic acids is 1. The van der Waals surface area contributed by atoms with Crippen molar-refractivity contribution in [1.29, 1.82) is 0 Å². The summed E-state index contributed by atoms with van der Waals surface area (Å²) >= 11 is 0. The maximum Gasteiger partial charge on any atom is 0.223 e. The van der Waals surface area contributed by atoms with E-state index in [9.17, 15) is 4.79 Å². The Morgan fingerprint density at radius 3 is 2.55 bits per heavy atom. The molecule has 0 aliphatic carbocycles. The molecule has 0 saturated carbocycles. The second-order valence-corrected chi connectivity index (χ2v) is 7.07. The number of hydrogen-bond donors (Lipinski definition) is 1. The van der Waals surface area contributed by atoms with E-state index < -0.39 is 0 Å². The summed E-state index contributed by atoms with van der Waals surface area (Å²) in [4.78, 5) is 14.8. The molecule has 1 aromatic rings. The summed E-state index contributed by atoms with van der Waals surface area (Å²) in [6.45, 7) is 8.18. The van der Waals surface area contributed by atoms with Gasteiger partial charge in [-0.2, -0.15) is 0 Å². The number of benzene rings is 1. The second-order valence-electron chi connectivity index (χ2n) is 7.07. The van der Waals surface area contributed by atoms with Crippen molar-refractivity contribution in [3.63, 3.8) is 0 Å². The molecular formula is C19H30N2O. The monoisotopic (exact) mass is 302 g/mol. The number of carbonyl (C=O) groups is 1. The Bertz CT molecular complexity index is 470. The van der Waals surface area contributed by atoms with Crippen molar-refractivity contribution in [3.05, 3.63) is 35.9 Å². The van der Waals surface area contributed by atoms with Crippen LogP contribution in [0.1, 0.15) is 51.5 Å². The van der Waals surface area contributed by atoms with E-state index >= 15 is 0 Å². The van der Waals surface area contributed by atoms with Gasteiger partial charge in [0.1, 0.15) is 0 Å². The maximum absolute atomic E-state index is 12.7. The quantitative estimate of drug-likeness (QED) is 0.906. The minimum absolute atomic E-state index is 0.172. The maximum atomic E-state index is 12.7. The Morgan fingerprint density at radius 1 is 1.27 bits per heavy atom. The molecule has 3 atom stereocenters. The van der Waals surface area contributed by atoms with Crippen LogP contribution in [-0.4, -0.2) is 29.9 Å². The number of rotatable bonds is 5. The van der Waals surface area contributed by atoms with Crippen molar-refractivity contribution in [2.24, 2.45) is 17.6 Å². The molecule has 1 fully saturated rings. The highest BCUT2D eigenvalue weighted by Gasteiger charge is 2.28. The largest absolute Gasteiger partial charge is 0.342 e. The third-order valence-corrected chi connectivity index (χ3v) is 4.98. The molecule has 0 radical (unpaired) electrons. The topological polar surface area (TPSA) is 46.3 Å². The van der Waals surface area contributed by atoms with E-state index in [-0.39, 0.29) is 11.9 Å². The van der Waals surface area contributed by atoms with Crippen LogP contribution in [0, 0.1) is 11.8 Å². The lowest BCUT2D eigenvalue weighted by Gasteiger charge is -2.35. The molecule has 1 saturated heterocycles. The summed E-state index contributed by atoms with van der Waals surface area (Å²) in [7, 11) is 0. The van der Waals surface area contributed by atoms with E-state index in [0.29, 0.717) is 24.2 Å². The molecule has 0 spiro atoms. The third-order valence-electron chi connectivity index (χ3n) is 4.98. The van der Waals surface area contributed by atoms with Gasteiger partial charge >= 0.3 is 0 Å². The molecule has 1 aromatic carbocycles. The number of amides is 1. The van der Waals surface area contributed by atoms with E-state index in [1.807, 2.05) is 11.0 Å². The third kappa shape index (κ3) is 4.33. The van der Waals surface area contributed by atoms with Crippen LogP contribution in [0.2, 0.25) is 0 Å². The molecule has 2 N–H and O–H groups in total. The molecule has 2 rings (SSSR count). The number of likely N-dealkylation sites (tertiary alicyclic amines) is 1. The van der Waals surface area contributed by atoms with Gasteiger partial charge in [0.15, 0.2) is 0 Å². The van der Waals surface area contributed by atoms with Crippen LogP contribution < -0.4 is 5.73 Å². The molecule has 22 heavy (non-hydrogen) atoms. The first-order valence-electron chi connectivity index (χ1n) is 8.57. The molecule has 122 valence electrons. The van der Waals surface area contributed by atoms with Crippen LogP contribution in [0.15, 0.2) is 30.3 Å². The lowest BCUT2D eigenvalue weighted by molar-refractivity contribution is -0.133. The Labute approximate surface area is 134 Å². The molecule has 1 aliphatic heterocycles. The average molecular weight is 302 g/mol. The molecule has 3 heteroatoms. The number of nitrogens with zero attached hydrogens (tertiary/aromatic N) is 1. The summed E-state index contributed by atoms with van der Waals surface area (Å²) in [5.74, 6) is 1.49. The fourth-order valence-corrected chi connectivity index (χ4v) is 3.42. The number of nitrogens with two attached hydrogens (primary N) is 1. The smallest absolute Gasteiger partial charge is 0.223 e. The van der Waals surface area contributed by atoms with Gasteiger partial charge in [0.25, 0.3) is 0 Å². The van der Waals surface area contributed by atoms with Crippen LogP contribution in [0.4, 0.5) is 0 Å². The van der Waals surface area contributed by atoms with Gasteiger partial charge in [0.05, 0.1) is 0 Å². The summed E-state index contributed by atoms with van der Waals surface area (Å²) in [6.07, 6.45) is 2.83. The van der Waals surface area contributed by atoms with E-state index in [4.69, 9.17) is 5.73 Å². The highest BCUT2D eigenvalue weighted by Crippen LogP contribution is 2.29. The van der Waals surface area contributed by atoms with Crippen molar-refractivity contribution < 1.29 is 4.79 Å². The van der Waals surface area contributed by atoms with E-state index in [1.54, 1.807) is 0 Å². The van der Waals surface area contributed by atoms with E-state index in [0.717, 1.165) is 25.9 Å². The van der Waals surface area contributed by atoms with Gasteiger partial charge in [-0.15, -0.1) is 0 Å². The van der Waals surface area contributed by atoms with Gasteiger partial charge < -0.3 is 10.6 Å². The first-order valence-corrected chi connectivity index (χ1v) is 8.57. The minimum Gasteiger partial charge on any atom is -0.342 e. The van der Waals surface area contributed by atoms with E-state index in [2.05, 4.69) is 45.0 Å². The standard InChI is InChI=1S/C19H30N2O/c1-14(2)18(16-8-5-4-6-9-16)12-19(22)21-11-7-10-17(13-21)15(3)20/h4-6,8-9,14-15,17-18H,7,10-13,20H2,1-3H3. The van der Waals surface area contributed by atoms with Crippen LogP contribution >= 0.6 is 0 Å². The fourth-order valence-electron chi connectivity index (χ4n) is 3.42. The zero-order chi connectivity index (χ0) is 16.1. The first-order chi connectivity index (χ1) is 10.5. The average Bonchev–Trinajstić information content (AvgIpc) is 2.53. The molecular weight excluding hydrogens is 272 g/mol. The summed E-state index contributed by atoms with van der Waals surface area (Å²) in [6, 6.07) is 10.6. The summed E-state index contributed by atoms with van der Waals surface area (Å²) in [5, 5.41) is 0. The van der Waals surface area contributed by atoms with Crippen molar-refractivity contribution in [1.82, 2.24) is 4.90 Å².